The van der Waals surface area contributed by atoms with Gasteiger partial charge in [0.15, 0.2) is 5.69 Å². The van der Waals surface area contributed by atoms with Gasteiger partial charge in [0.1, 0.15) is 0 Å². The minimum absolute atomic E-state index is 0.189. The van der Waals surface area contributed by atoms with Gasteiger partial charge in [0, 0.05) is 7.05 Å². The van der Waals surface area contributed by atoms with E-state index in [2.05, 4.69) is 22.9 Å². The van der Waals surface area contributed by atoms with E-state index < -0.39 is 0 Å². The molecule has 0 spiro atoms. The van der Waals surface area contributed by atoms with Crippen molar-refractivity contribution in [3.63, 3.8) is 0 Å². The van der Waals surface area contributed by atoms with Crippen LogP contribution in [0.15, 0.2) is 9.72 Å². The molecular formula is C5H6N2OS2. The Kier molecular flexibility index (Phi) is 2.29. The summed E-state index contributed by atoms with van der Waals surface area (Å²) in [5.41, 5.74) is 1.99. The highest BCUT2D eigenvalue weighted by molar-refractivity contribution is 7.82. The zero-order valence-electron chi connectivity index (χ0n) is 5.29. The van der Waals surface area contributed by atoms with E-state index in [0.29, 0.717) is 9.90 Å². The van der Waals surface area contributed by atoms with Crippen molar-refractivity contribution in [2.75, 3.05) is 7.05 Å². The average molecular weight is 174 g/mol. The number of thiol groups is 1. The first kappa shape index (κ1) is 7.56. The van der Waals surface area contributed by atoms with E-state index in [4.69, 9.17) is 0 Å². The van der Waals surface area contributed by atoms with E-state index in [1.165, 1.54) is 11.3 Å². The Hall–Kier alpha value is -0.550. The quantitative estimate of drug-likeness (QED) is 0.618. The molecule has 0 saturated carbocycles. The molecule has 1 N–H and O–H groups in total. The van der Waals surface area contributed by atoms with Crippen LogP contribution >= 0.6 is 24.0 Å². The van der Waals surface area contributed by atoms with Crippen molar-refractivity contribution in [1.82, 2.24) is 10.3 Å². The summed E-state index contributed by atoms with van der Waals surface area (Å²) >= 11 is 5.38. The first-order valence-electron chi connectivity index (χ1n) is 2.60. The lowest BCUT2D eigenvalue weighted by Crippen LogP contribution is -2.18. The second-order valence-corrected chi connectivity index (χ2v) is 3.19. The normalized spacial score (nSPS) is 9.40. The van der Waals surface area contributed by atoms with Gasteiger partial charge in [-0.25, -0.2) is 4.98 Å². The Morgan fingerprint density at radius 3 is 3.00 bits per heavy atom. The van der Waals surface area contributed by atoms with E-state index in [-0.39, 0.29) is 5.91 Å². The second kappa shape index (κ2) is 3.03. The van der Waals surface area contributed by atoms with Gasteiger partial charge in [0.2, 0.25) is 0 Å². The highest BCUT2D eigenvalue weighted by atomic mass is 32.2. The SMILES string of the molecule is CNC(=O)c1ncsc1S. The molecule has 0 aromatic carbocycles. The fourth-order valence-electron chi connectivity index (χ4n) is 0.514. The Bertz CT molecular complexity index is 246. The summed E-state index contributed by atoms with van der Waals surface area (Å²) in [5, 5.41) is 2.46. The van der Waals surface area contributed by atoms with Gasteiger partial charge in [0.25, 0.3) is 5.91 Å². The molecule has 0 bridgehead atoms. The minimum Gasteiger partial charge on any atom is -0.354 e. The summed E-state index contributed by atoms with van der Waals surface area (Å²) < 4.78 is 0.652. The van der Waals surface area contributed by atoms with Gasteiger partial charge >= 0.3 is 0 Å². The second-order valence-electron chi connectivity index (χ2n) is 1.59. The molecule has 0 unspecified atom stereocenters. The van der Waals surface area contributed by atoms with Crippen molar-refractivity contribution in [3.8, 4) is 0 Å². The molecule has 1 rings (SSSR count). The summed E-state index contributed by atoms with van der Waals surface area (Å²) in [6.07, 6.45) is 0. The Balaban J connectivity index is 2.93. The number of carbonyl (C=O) groups excluding carboxylic acids is 1. The fraction of sp³-hybridized carbons (Fsp3) is 0.200. The van der Waals surface area contributed by atoms with Crippen LogP contribution in [0.1, 0.15) is 10.5 Å². The Morgan fingerprint density at radius 1 is 1.90 bits per heavy atom. The number of hydrogen-bond acceptors (Lipinski definition) is 4. The van der Waals surface area contributed by atoms with E-state index >= 15 is 0 Å². The van der Waals surface area contributed by atoms with Crippen LogP contribution in [0.2, 0.25) is 0 Å². The predicted octanol–water partition coefficient (Wildman–Crippen LogP) is 0.791. The lowest BCUT2D eigenvalue weighted by Gasteiger charge is -1.92. The molecule has 3 nitrogen and oxygen atoms in total. The number of nitrogens with one attached hydrogen (secondary N) is 1. The minimum atomic E-state index is -0.189. The number of rotatable bonds is 1. The molecule has 1 heterocycles. The zero-order valence-corrected chi connectivity index (χ0v) is 7.00. The first-order valence-corrected chi connectivity index (χ1v) is 3.93. The van der Waals surface area contributed by atoms with E-state index in [1.54, 1.807) is 12.6 Å². The molecule has 0 saturated heterocycles. The topological polar surface area (TPSA) is 42.0 Å². The van der Waals surface area contributed by atoms with Gasteiger partial charge in [-0.1, -0.05) is 0 Å². The Labute approximate surface area is 67.9 Å². The number of carbonyl (C=O) groups is 1. The van der Waals surface area contributed by atoms with Crippen molar-refractivity contribution in [2.24, 2.45) is 0 Å². The Morgan fingerprint density at radius 2 is 2.60 bits per heavy atom. The smallest absolute Gasteiger partial charge is 0.271 e. The molecule has 5 heteroatoms. The summed E-state index contributed by atoms with van der Waals surface area (Å²) in [5.74, 6) is -0.189. The van der Waals surface area contributed by atoms with Gasteiger partial charge < -0.3 is 5.32 Å². The highest BCUT2D eigenvalue weighted by Crippen LogP contribution is 2.16. The standard InChI is InChI=1S/C5H6N2OS2/c1-6-4(8)3-5(9)10-2-7-3/h2,9H,1H3,(H,6,8). The van der Waals surface area contributed by atoms with Gasteiger partial charge in [0.05, 0.1) is 9.72 Å². The number of amides is 1. The first-order chi connectivity index (χ1) is 4.75. The van der Waals surface area contributed by atoms with Crippen LogP contribution in [0.25, 0.3) is 0 Å². The molecule has 54 valence electrons. The van der Waals surface area contributed by atoms with E-state index in [0.717, 1.165) is 0 Å². The lowest BCUT2D eigenvalue weighted by molar-refractivity contribution is 0.0956. The summed E-state index contributed by atoms with van der Waals surface area (Å²) in [7, 11) is 1.56. The van der Waals surface area contributed by atoms with Crippen LogP contribution in [0, 0.1) is 0 Å². The van der Waals surface area contributed by atoms with Crippen LogP contribution in [0.4, 0.5) is 0 Å². The highest BCUT2D eigenvalue weighted by Gasteiger charge is 2.09. The molecule has 0 aliphatic carbocycles. The van der Waals surface area contributed by atoms with Gasteiger partial charge in [-0.15, -0.1) is 24.0 Å². The maximum atomic E-state index is 10.9. The number of hydrogen-bond donors (Lipinski definition) is 2. The van der Waals surface area contributed by atoms with Crippen LogP contribution in [0.3, 0.4) is 0 Å². The molecule has 0 atom stereocenters. The summed E-state index contributed by atoms with van der Waals surface area (Å²) in [6, 6.07) is 0. The molecule has 0 radical (unpaired) electrons. The third-order valence-electron chi connectivity index (χ3n) is 0.991. The maximum Gasteiger partial charge on any atom is 0.271 e. The third-order valence-corrected chi connectivity index (χ3v) is 2.15. The molecule has 1 amide bonds. The molecule has 1 aromatic heterocycles. The molecular weight excluding hydrogens is 168 g/mol. The van der Waals surface area contributed by atoms with Crippen molar-refractivity contribution >= 4 is 29.9 Å². The van der Waals surface area contributed by atoms with E-state index in [1.807, 2.05) is 0 Å². The van der Waals surface area contributed by atoms with Gasteiger partial charge in [-0.3, -0.25) is 4.79 Å². The molecule has 0 aliphatic rings. The molecule has 0 aliphatic heterocycles. The van der Waals surface area contributed by atoms with E-state index in [9.17, 15) is 4.79 Å². The maximum absolute atomic E-state index is 10.9. The summed E-state index contributed by atoms with van der Waals surface area (Å²) in [6.45, 7) is 0. The number of nitrogens with zero attached hydrogens (tertiary/aromatic N) is 1. The monoisotopic (exact) mass is 174 g/mol. The van der Waals surface area contributed by atoms with Crippen LogP contribution in [0.5, 0.6) is 0 Å². The van der Waals surface area contributed by atoms with Crippen LogP contribution < -0.4 is 5.32 Å². The van der Waals surface area contributed by atoms with Crippen molar-refractivity contribution in [2.45, 2.75) is 4.21 Å². The number of thiazole rings is 1. The third kappa shape index (κ3) is 1.30. The van der Waals surface area contributed by atoms with Crippen molar-refractivity contribution in [3.05, 3.63) is 11.2 Å². The number of aromatic nitrogens is 1. The van der Waals surface area contributed by atoms with Crippen molar-refractivity contribution in [1.29, 1.82) is 0 Å². The van der Waals surface area contributed by atoms with Crippen molar-refractivity contribution < 1.29 is 4.79 Å². The summed E-state index contributed by atoms with van der Waals surface area (Å²) in [4.78, 5) is 14.7. The molecule has 0 fully saturated rings. The zero-order chi connectivity index (χ0) is 7.56. The van der Waals surface area contributed by atoms with Crippen LogP contribution in [-0.4, -0.2) is 17.9 Å². The molecule has 1 aromatic rings. The molecule has 10 heavy (non-hydrogen) atoms. The van der Waals surface area contributed by atoms with Crippen LogP contribution in [-0.2, 0) is 0 Å². The largest absolute Gasteiger partial charge is 0.354 e. The predicted molar refractivity (Wildman–Crippen MR) is 42.8 cm³/mol. The fourth-order valence-corrected chi connectivity index (χ4v) is 1.33. The average Bonchev–Trinajstić information content (AvgIpc) is 2.34. The van der Waals surface area contributed by atoms with Gasteiger partial charge in [-0.2, -0.15) is 0 Å². The lowest BCUT2D eigenvalue weighted by atomic mass is 10.5. The van der Waals surface area contributed by atoms with Gasteiger partial charge in [-0.05, 0) is 0 Å².